The van der Waals surface area contributed by atoms with Crippen LogP contribution in [0.25, 0.3) is 0 Å². The highest BCUT2D eigenvalue weighted by Gasteiger charge is 2.33. The number of hydrogen-bond acceptors (Lipinski definition) is 2. The molecule has 0 unspecified atom stereocenters. The third-order valence-corrected chi connectivity index (χ3v) is 4.24. The van der Waals surface area contributed by atoms with Crippen molar-refractivity contribution >= 4 is 11.9 Å². The van der Waals surface area contributed by atoms with Gasteiger partial charge in [0.15, 0.2) is 5.96 Å². The maximum Gasteiger partial charge on any atom is 0.416 e. The van der Waals surface area contributed by atoms with Crippen molar-refractivity contribution in [3.63, 3.8) is 0 Å². The number of rotatable bonds is 5. The highest BCUT2D eigenvalue weighted by molar-refractivity contribution is 5.86. The molecule has 0 saturated carbocycles. The van der Waals surface area contributed by atoms with Crippen molar-refractivity contribution in [1.82, 2.24) is 15.5 Å². The predicted octanol–water partition coefficient (Wildman–Crippen LogP) is 2.91. The van der Waals surface area contributed by atoms with Gasteiger partial charge in [0, 0.05) is 19.6 Å². The first-order valence-corrected chi connectivity index (χ1v) is 8.97. The summed E-state index contributed by atoms with van der Waals surface area (Å²) >= 11 is 0. The van der Waals surface area contributed by atoms with E-state index in [2.05, 4.69) is 15.6 Å². The monoisotopic (exact) mass is 388 g/mol. The van der Waals surface area contributed by atoms with E-state index in [-0.39, 0.29) is 30.5 Å². The molecule has 1 saturated heterocycles. The van der Waals surface area contributed by atoms with Gasteiger partial charge in [-0.1, -0.05) is 6.07 Å². The summed E-state index contributed by atoms with van der Waals surface area (Å²) in [6, 6.07) is 2.51. The Morgan fingerprint density at radius 2 is 1.89 bits per heavy atom. The standard InChI is InChI=1S/C18H24F4N4O/c1-2-23-17(25-12-16(27)26-8-4-3-5-9-26)24-11-13-6-7-14(19)10-15(13)18(20,21)22/h6-7,10H,2-5,8-9,11-12H2,1H3,(H2,23,24,25). The van der Waals surface area contributed by atoms with Crippen LogP contribution in [0.4, 0.5) is 17.6 Å². The number of hydrogen-bond donors (Lipinski definition) is 2. The van der Waals surface area contributed by atoms with Crippen molar-refractivity contribution in [3.8, 4) is 0 Å². The molecule has 1 aromatic carbocycles. The van der Waals surface area contributed by atoms with E-state index in [4.69, 9.17) is 0 Å². The van der Waals surface area contributed by atoms with Gasteiger partial charge in [-0.3, -0.25) is 4.79 Å². The molecule has 0 atom stereocenters. The van der Waals surface area contributed by atoms with E-state index in [1.807, 2.05) is 6.92 Å². The van der Waals surface area contributed by atoms with Crippen LogP contribution in [0.15, 0.2) is 23.2 Å². The molecule has 0 bridgehead atoms. The third kappa shape index (κ3) is 6.41. The number of nitrogens with one attached hydrogen (secondary N) is 2. The Hall–Kier alpha value is -2.32. The van der Waals surface area contributed by atoms with Crippen LogP contribution in [-0.4, -0.2) is 42.9 Å². The Morgan fingerprint density at radius 3 is 2.52 bits per heavy atom. The molecule has 150 valence electrons. The predicted molar refractivity (Wildman–Crippen MR) is 94.7 cm³/mol. The molecule has 27 heavy (non-hydrogen) atoms. The number of carbonyl (C=O) groups excluding carboxylic acids is 1. The molecule has 1 aromatic rings. The summed E-state index contributed by atoms with van der Waals surface area (Å²) in [7, 11) is 0. The summed E-state index contributed by atoms with van der Waals surface area (Å²) in [6.07, 6.45) is -1.60. The smallest absolute Gasteiger partial charge is 0.357 e. The number of amides is 1. The van der Waals surface area contributed by atoms with Crippen molar-refractivity contribution < 1.29 is 22.4 Å². The van der Waals surface area contributed by atoms with Crippen molar-refractivity contribution in [2.75, 3.05) is 26.2 Å². The number of likely N-dealkylation sites (tertiary alicyclic amines) is 1. The summed E-state index contributed by atoms with van der Waals surface area (Å²) in [5.41, 5.74) is -1.19. The summed E-state index contributed by atoms with van der Waals surface area (Å²) < 4.78 is 52.4. The van der Waals surface area contributed by atoms with Gasteiger partial charge in [0.05, 0.1) is 18.7 Å². The molecular weight excluding hydrogens is 364 g/mol. The van der Waals surface area contributed by atoms with Gasteiger partial charge in [-0.25, -0.2) is 9.38 Å². The molecule has 1 aliphatic rings. The molecule has 2 N–H and O–H groups in total. The topological polar surface area (TPSA) is 56.7 Å². The molecular formula is C18H24F4N4O. The van der Waals surface area contributed by atoms with E-state index < -0.39 is 17.6 Å². The zero-order chi connectivity index (χ0) is 19.9. The van der Waals surface area contributed by atoms with E-state index in [0.717, 1.165) is 44.5 Å². The molecule has 0 aliphatic carbocycles. The fourth-order valence-electron chi connectivity index (χ4n) is 2.87. The van der Waals surface area contributed by atoms with Crippen LogP contribution >= 0.6 is 0 Å². The number of aliphatic imine (C=N–C) groups is 1. The molecule has 9 heteroatoms. The molecule has 5 nitrogen and oxygen atoms in total. The maximum atomic E-state index is 13.2. The number of guanidine groups is 1. The zero-order valence-electron chi connectivity index (χ0n) is 15.2. The highest BCUT2D eigenvalue weighted by Crippen LogP contribution is 2.32. The lowest BCUT2D eigenvalue weighted by Crippen LogP contribution is -2.46. The van der Waals surface area contributed by atoms with Crippen LogP contribution in [0.2, 0.25) is 0 Å². The van der Waals surface area contributed by atoms with Crippen molar-refractivity contribution in [2.24, 2.45) is 4.99 Å². The van der Waals surface area contributed by atoms with Gasteiger partial charge in [-0.2, -0.15) is 13.2 Å². The first-order chi connectivity index (χ1) is 12.8. The number of nitrogens with zero attached hydrogens (tertiary/aromatic N) is 2. The van der Waals surface area contributed by atoms with Gasteiger partial charge in [-0.15, -0.1) is 0 Å². The fraction of sp³-hybridized carbons (Fsp3) is 0.556. The zero-order valence-corrected chi connectivity index (χ0v) is 15.2. The first-order valence-electron chi connectivity index (χ1n) is 8.97. The van der Waals surface area contributed by atoms with Crippen molar-refractivity contribution in [1.29, 1.82) is 0 Å². The Morgan fingerprint density at radius 1 is 1.19 bits per heavy atom. The number of piperidine rings is 1. The molecule has 0 radical (unpaired) electrons. The molecule has 1 amide bonds. The fourth-order valence-corrected chi connectivity index (χ4v) is 2.87. The highest BCUT2D eigenvalue weighted by atomic mass is 19.4. The minimum absolute atomic E-state index is 0.0153. The molecule has 0 aromatic heterocycles. The molecule has 2 rings (SSSR count). The number of halogens is 4. The van der Waals surface area contributed by atoms with Gasteiger partial charge in [0.25, 0.3) is 0 Å². The Labute approximate surface area is 155 Å². The van der Waals surface area contributed by atoms with Crippen LogP contribution in [0.1, 0.15) is 37.3 Å². The lowest BCUT2D eigenvalue weighted by atomic mass is 10.1. The lowest BCUT2D eigenvalue weighted by Gasteiger charge is -2.27. The van der Waals surface area contributed by atoms with E-state index >= 15 is 0 Å². The van der Waals surface area contributed by atoms with Crippen LogP contribution in [0.3, 0.4) is 0 Å². The molecule has 1 aliphatic heterocycles. The van der Waals surface area contributed by atoms with E-state index in [1.54, 1.807) is 4.90 Å². The SMILES string of the molecule is CCNC(=NCc1ccc(F)cc1C(F)(F)F)NCC(=O)N1CCCCC1. The minimum atomic E-state index is -4.66. The van der Waals surface area contributed by atoms with Crippen LogP contribution in [-0.2, 0) is 17.5 Å². The second kappa shape index (κ2) is 9.57. The van der Waals surface area contributed by atoms with E-state index in [9.17, 15) is 22.4 Å². The molecule has 1 heterocycles. The quantitative estimate of drug-likeness (QED) is 0.463. The van der Waals surface area contributed by atoms with Gasteiger partial charge < -0.3 is 15.5 Å². The van der Waals surface area contributed by atoms with Crippen LogP contribution in [0, 0.1) is 5.82 Å². The summed E-state index contributed by atoms with van der Waals surface area (Å²) in [5, 5.41) is 5.74. The summed E-state index contributed by atoms with van der Waals surface area (Å²) in [5.74, 6) is -0.786. The van der Waals surface area contributed by atoms with Crippen molar-refractivity contribution in [2.45, 2.75) is 38.9 Å². The van der Waals surface area contributed by atoms with Gasteiger partial charge in [0.2, 0.25) is 5.91 Å². The van der Waals surface area contributed by atoms with E-state index in [1.165, 1.54) is 0 Å². The maximum absolute atomic E-state index is 13.2. The second-order valence-electron chi connectivity index (χ2n) is 6.29. The average molecular weight is 388 g/mol. The normalized spacial score (nSPS) is 15.6. The largest absolute Gasteiger partial charge is 0.416 e. The van der Waals surface area contributed by atoms with Crippen molar-refractivity contribution in [3.05, 3.63) is 35.1 Å². The molecule has 0 spiro atoms. The minimum Gasteiger partial charge on any atom is -0.357 e. The average Bonchev–Trinajstić information content (AvgIpc) is 2.64. The summed E-state index contributed by atoms with van der Waals surface area (Å²) in [4.78, 5) is 18.1. The first kappa shape index (κ1) is 21.0. The number of carbonyl (C=O) groups is 1. The Kier molecular flexibility index (Phi) is 7.44. The number of alkyl halides is 3. The molecule has 1 fully saturated rings. The lowest BCUT2D eigenvalue weighted by molar-refractivity contribution is -0.138. The Bertz CT molecular complexity index is 670. The van der Waals surface area contributed by atoms with Gasteiger partial charge in [0.1, 0.15) is 5.82 Å². The van der Waals surface area contributed by atoms with Gasteiger partial charge >= 0.3 is 6.18 Å². The summed E-state index contributed by atoms with van der Waals surface area (Å²) in [6.45, 7) is 3.46. The van der Waals surface area contributed by atoms with Gasteiger partial charge in [-0.05, 0) is 43.9 Å². The third-order valence-electron chi connectivity index (χ3n) is 4.24. The van der Waals surface area contributed by atoms with Crippen LogP contribution in [0.5, 0.6) is 0 Å². The number of benzene rings is 1. The van der Waals surface area contributed by atoms with Crippen LogP contribution < -0.4 is 10.6 Å². The Balaban J connectivity index is 2.04. The van der Waals surface area contributed by atoms with E-state index in [0.29, 0.717) is 12.6 Å². The second-order valence-corrected chi connectivity index (χ2v) is 6.29.